The molecule has 0 unspecified atom stereocenters. The second kappa shape index (κ2) is 8.97. The van der Waals surface area contributed by atoms with Gasteiger partial charge in [0.1, 0.15) is 5.03 Å². The van der Waals surface area contributed by atoms with Crippen molar-refractivity contribution in [2.24, 2.45) is 0 Å². The molecule has 0 spiro atoms. The highest BCUT2D eigenvalue weighted by molar-refractivity contribution is 7.99. The van der Waals surface area contributed by atoms with Crippen LogP contribution >= 0.6 is 23.4 Å². The van der Waals surface area contributed by atoms with Crippen molar-refractivity contribution in [2.45, 2.75) is 54.5 Å². The molecular weight excluding hydrogens is 388 g/mol. The summed E-state index contributed by atoms with van der Waals surface area (Å²) < 4.78 is 0. The number of nitrogens with one attached hydrogen (secondary N) is 1. The van der Waals surface area contributed by atoms with Crippen molar-refractivity contribution in [1.29, 1.82) is 0 Å². The fourth-order valence-electron chi connectivity index (χ4n) is 3.72. The van der Waals surface area contributed by atoms with Gasteiger partial charge in [0.15, 0.2) is 0 Å². The van der Waals surface area contributed by atoms with Crippen LogP contribution in [-0.2, 0) is 0 Å². The van der Waals surface area contributed by atoms with Crippen molar-refractivity contribution in [1.82, 2.24) is 10.3 Å². The van der Waals surface area contributed by atoms with Crippen molar-refractivity contribution in [3.8, 4) is 0 Å². The highest BCUT2D eigenvalue weighted by Gasteiger charge is 2.19. The second-order valence-corrected chi connectivity index (χ2v) is 8.69. The molecule has 28 heavy (non-hydrogen) atoms. The lowest BCUT2D eigenvalue weighted by molar-refractivity contribution is 0.0934. The second-order valence-electron chi connectivity index (χ2n) is 7.22. The summed E-state index contributed by atoms with van der Waals surface area (Å²) in [6.45, 7) is 0. The van der Waals surface area contributed by atoms with Gasteiger partial charge in [-0.05, 0) is 37.1 Å². The van der Waals surface area contributed by atoms with E-state index in [1.54, 1.807) is 0 Å². The van der Waals surface area contributed by atoms with Crippen LogP contribution in [0.5, 0.6) is 0 Å². The van der Waals surface area contributed by atoms with Crippen LogP contribution in [0.1, 0.15) is 48.9 Å². The van der Waals surface area contributed by atoms with Gasteiger partial charge in [-0.1, -0.05) is 79.4 Å². The summed E-state index contributed by atoms with van der Waals surface area (Å²) in [7, 11) is 0. The molecule has 1 aliphatic rings. The number of hydrogen-bond donors (Lipinski definition) is 1. The Balaban J connectivity index is 1.66. The van der Waals surface area contributed by atoms with E-state index in [0.29, 0.717) is 10.6 Å². The number of halogens is 1. The van der Waals surface area contributed by atoms with Crippen LogP contribution in [0.25, 0.3) is 10.9 Å². The molecule has 0 aliphatic heterocycles. The minimum absolute atomic E-state index is 0.00786. The zero-order valence-corrected chi connectivity index (χ0v) is 17.2. The van der Waals surface area contributed by atoms with Crippen molar-refractivity contribution in [3.05, 3.63) is 65.2 Å². The van der Waals surface area contributed by atoms with Crippen molar-refractivity contribution in [2.75, 3.05) is 0 Å². The number of amides is 1. The summed E-state index contributed by atoms with van der Waals surface area (Å²) in [6.07, 6.45) is 7.05. The number of carbonyl (C=O) groups is 1. The first-order valence-corrected chi connectivity index (χ1v) is 11.0. The van der Waals surface area contributed by atoms with Crippen molar-refractivity contribution < 1.29 is 4.79 Å². The Bertz CT molecular complexity index is 983. The molecule has 2 aromatic carbocycles. The third kappa shape index (κ3) is 4.50. The van der Waals surface area contributed by atoms with Crippen LogP contribution in [0.2, 0.25) is 5.02 Å². The van der Waals surface area contributed by atoms with E-state index in [2.05, 4.69) is 5.32 Å². The van der Waals surface area contributed by atoms with E-state index in [9.17, 15) is 4.79 Å². The highest BCUT2D eigenvalue weighted by Crippen LogP contribution is 2.34. The Hall–Kier alpha value is -2.04. The lowest BCUT2D eigenvalue weighted by Crippen LogP contribution is -2.34. The quantitative estimate of drug-likeness (QED) is 0.499. The minimum Gasteiger partial charge on any atom is -0.349 e. The summed E-state index contributed by atoms with van der Waals surface area (Å²) >= 11 is 7.80. The van der Waals surface area contributed by atoms with Gasteiger partial charge in [-0.3, -0.25) is 4.79 Å². The number of pyridine rings is 1. The summed E-state index contributed by atoms with van der Waals surface area (Å²) in [5, 5.41) is 5.62. The molecule has 0 radical (unpaired) electrons. The van der Waals surface area contributed by atoms with E-state index in [0.717, 1.165) is 33.7 Å². The monoisotopic (exact) mass is 410 g/mol. The molecule has 1 N–H and O–H groups in total. The van der Waals surface area contributed by atoms with Crippen LogP contribution in [0, 0.1) is 0 Å². The van der Waals surface area contributed by atoms with Gasteiger partial charge < -0.3 is 5.32 Å². The number of para-hydroxylation sites is 1. The maximum atomic E-state index is 13.1. The van der Waals surface area contributed by atoms with Gasteiger partial charge in [-0.25, -0.2) is 4.98 Å². The lowest BCUT2D eigenvalue weighted by atomic mass is 10.1. The molecule has 3 nitrogen and oxygen atoms in total. The molecule has 0 bridgehead atoms. The Morgan fingerprint density at radius 3 is 2.50 bits per heavy atom. The molecular formula is C23H23ClN2OS. The Labute approximate surface area is 174 Å². The zero-order chi connectivity index (χ0) is 19.3. The molecule has 1 fully saturated rings. The molecule has 0 saturated heterocycles. The summed E-state index contributed by atoms with van der Waals surface area (Å²) in [5.41, 5.74) is 1.51. The Morgan fingerprint density at radius 2 is 1.71 bits per heavy atom. The van der Waals surface area contributed by atoms with Crippen LogP contribution in [0.3, 0.4) is 0 Å². The van der Waals surface area contributed by atoms with E-state index in [1.165, 1.54) is 37.4 Å². The first-order chi connectivity index (χ1) is 13.7. The fraction of sp³-hybridized carbons (Fsp3) is 0.304. The third-order valence-electron chi connectivity index (χ3n) is 5.18. The number of rotatable bonds is 4. The number of benzene rings is 2. The fourth-order valence-corrected chi connectivity index (χ4v) is 4.83. The Morgan fingerprint density at radius 1 is 1.00 bits per heavy atom. The predicted molar refractivity (Wildman–Crippen MR) is 116 cm³/mol. The largest absolute Gasteiger partial charge is 0.349 e. The summed E-state index contributed by atoms with van der Waals surface area (Å²) in [5.74, 6) is -0.00786. The number of aromatic nitrogens is 1. The highest BCUT2D eigenvalue weighted by atomic mass is 35.5. The SMILES string of the molecule is O=C(NC1CCCCCC1)c1cc(Sc2ccccc2Cl)nc2ccccc12. The van der Waals surface area contributed by atoms with Crippen LogP contribution in [-0.4, -0.2) is 16.9 Å². The van der Waals surface area contributed by atoms with E-state index < -0.39 is 0 Å². The van der Waals surface area contributed by atoms with Gasteiger partial charge in [-0.15, -0.1) is 0 Å². The predicted octanol–water partition coefficient (Wildman–Crippen LogP) is 6.49. The Kier molecular flexibility index (Phi) is 6.18. The smallest absolute Gasteiger partial charge is 0.252 e. The first-order valence-electron chi connectivity index (χ1n) is 9.84. The molecule has 3 aromatic rings. The van der Waals surface area contributed by atoms with E-state index in [1.807, 2.05) is 54.6 Å². The van der Waals surface area contributed by atoms with Crippen LogP contribution in [0.4, 0.5) is 0 Å². The van der Waals surface area contributed by atoms with E-state index in [4.69, 9.17) is 16.6 Å². The van der Waals surface area contributed by atoms with Gasteiger partial charge in [0.25, 0.3) is 5.91 Å². The van der Waals surface area contributed by atoms with Gasteiger partial charge in [0.2, 0.25) is 0 Å². The molecule has 1 aromatic heterocycles. The van der Waals surface area contributed by atoms with E-state index in [-0.39, 0.29) is 11.9 Å². The van der Waals surface area contributed by atoms with Gasteiger partial charge >= 0.3 is 0 Å². The zero-order valence-electron chi connectivity index (χ0n) is 15.7. The maximum Gasteiger partial charge on any atom is 0.252 e. The molecule has 1 amide bonds. The molecule has 1 aliphatic carbocycles. The van der Waals surface area contributed by atoms with Crippen molar-refractivity contribution in [3.63, 3.8) is 0 Å². The van der Waals surface area contributed by atoms with Gasteiger partial charge in [-0.2, -0.15) is 0 Å². The van der Waals surface area contributed by atoms with E-state index >= 15 is 0 Å². The maximum absolute atomic E-state index is 13.1. The van der Waals surface area contributed by atoms with Crippen LogP contribution < -0.4 is 5.32 Å². The number of carbonyl (C=O) groups excluding carboxylic acids is 1. The lowest BCUT2D eigenvalue weighted by Gasteiger charge is -2.17. The molecule has 4 rings (SSSR count). The third-order valence-corrected chi connectivity index (χ3v) is 6.61. The average Bonchev–Trinajstić information content (AvgIpc) is 2.98. The first kappa shape index (κ1) is 19.3. The number of fused-ring (bicyclic) bond motifs is 1. The standard InChI is InChI=1S/C23H23ClN2OS/c24-19-12-6-8-14-21(19)28-22-15-18(17-11-5-7-13-20(17)26-22)23(27)25-16-9-3-1-2-4-10-16/h5-8,11-16H,1-4,9-10H2,(H,25,27). The summed E-state index contributed by atoms with van der Waals surface area (Å²) in [6, 6.07) is 17.7. The molecule has 144 valence electrons. The average molecular weight is 411 g/mol. The normalized spacial score (nSPS) is 15.3. The molecule has 1 saturated carbocycles. The van der Waals surface area contributed by atoms with Gasteiger partial charge in [0.05, 0.1) is 16.1 Å². The molecule has 1 heterocycles. The minimum atomic E-state index is -0.00786. The topological polar surface area (TPSA) is 42.0 Å². The number of hydrogen-bond acceptors (Lipinski definition) is 3. The number of nitrogens with zero attached hydrogens (tertiary/aromatic N) is 1. The summed E-state index contributed by atoms with van der Waals surface area (Å²) in [4.78, 5) is 18.8. The van der Waals surface area contributed by atoms with Crippen molar-refractivity contribution >= 4 is 40.2 Å². The van der Waals surface area contributed by atoms with Gasteiger partial charge in [0, 0.05) is 16.3 Å². The van der Waals surface area contributed by atoms with Crippen LogP contribution in [0.15, 0.2) is 64.5 Å². The molecule has 5 heteroatoms. The molecule has 0 atom stereocenters.